The van der Waals surface area contributed by atoms with Gasteiger partial charge in [-0.25, -0.2) is 4.79 Å². The zero-order valence-electron chi connectivity index (χ0n) is 15.4. The van der Waals surface area contributed by atoms with Gasteiger partial charge in [-0.1, -0.05) is 41.9 Å². The van der Waals surface area contributed by atoms with Crippen molar-refractivity contribution in [1.29, 1.82) is 0 Å². The molecular weight excluding hydrogens is 342 g/mol. The third-order valence-electron chi connectivity index (χ3n) is 6.57. The number of nitrogens with zero attached hydrogens (tertiary/aromatic N) is 2. The molecule has 6 heteroatoms. The number of amides is 2. The summed E-state index contributed by atoms with van der Waals surface area (Å²) in [4.78, 5) is 14.9. The van der Waals surface area contributed by atoms with Crippen LogP contribution < -0.4 is 5.32 Å². The summed E-state index contributed by atoms with van der Waals surface area (Å²) in [7, 11) is 0. The van der Waals surface area contributed by atoms with E-state index in [1.165, 1.54) is 19.3 Å². The number of hydrogen-bond acceptors (Lipinski definition) is 4. The highest BCUT2D eigenvalue weighted by Crippen LogP contribution is 2.56. The molecule has 0 bridgehead atoms. The van der Waals surface area contributed by atoms with Gasteiger partial charge in [-0.3, -0.25) is 5.32 Å². The van der Waals surface area contributed by atoms with Crippen LogP contribution in [-0.4, -0.2) is 41.9 Å². The average molecular weight is 367 g/mol. The Labute approximate surface area is 158 Å². The Balaban J connectivity index is 1.29. The van der Waals surface area contributed by atoms with Crippen molar-refractivity contribution in [2.75, 3.05) is 25.1 Å². The highest BCUT2D eigenvalue weighted by atomic mass is 16.5. The van der Waals surface area contributed by atoms with Crippen molar-refractivity contribution in [2.45, 2.75) is 38.1 Å². The van der Waals surface area contributed by atoms with Gasteiger partial charge in [0.05, 0.1) is 0 Å². The lowest BCUT2D eigenvalue weighted by molar-refractivity contribution is -0.135. The molecular formula is C21H25N3O3. The number of aromatic nitrogens is 1. The number of benzene rings is 1. The van der Waals surface area contributed by atoms with Crippen LogP contribution in [0.1, 0.15) is 32.1 Å². The van der Waals surface area contributed by atoms with E-state index in [1.54, 1.807) is 6.07 Å². The lowest BCUT2D eigenvalue weighted by Gasteiger charge is -2.64. The van der Waals surface area contributed by atoms with Gasteiger partial charge in [0.15, 0.2) is 11.6 Å². The Bertz CT molecular complexity index is 809. The predicted molar refractivity (Wildman–Crippen MR) is 101 cm³/mol. The molecule has 1 saturated carbocycles. The van der Waals surface area contributed by atoms with E-state index < -0.39 is 0 Å². The first kappa shape index (κ1) is 16.8. The van der Waals surface area contributed by atoms with E-state index in [-0.39, 0.29) is 6.03 Å². The summed E-state index contributed by atoms with van der Waals surface area (Å²) in [5.74, 6) is 1.68. The van der Waals surface area contributed by atoms with Crippen LogP contribution in [0.2, 0.25) is 0 Å². The monoisotopic (exact) mass is 367 g/mol. The summed E-state index contributed by atoms with van der Waals surface area (Å²) < 4.78 is 10.9. The number of anilines is 1. The zero-order chi connectivity index (χ0) is 18.3. The zero-order valence-corrected chi connectivity index (χ0v) is 15.4. The summed E-state index contributed by atoms with van der Waals surface area (Å²) in [6.45, 7) is 2.50. The van der Waals surface area contributed by atoms with Crippen LogP contribution in [0.25, 0.3) is 11.3 Å². The van der Waals surface area contributed by atoms with Crippen LogP contribution in [-0.2, 0) is 4.74 Å². The summed E-state index contributed by atoms with van der Waals surface area (Å²) in [5, 5.41) is 6.97. The summed E-state index contributed by atoms with van der Waals surface area (Å²) in [6, 6.07) is 11.9. The highest BCUT2D eigenvalue weighted by Gasteiger charge is 2.59. The molecule has 1 unspecified atom stereocenters. The molecule has 2 saturated heterocycles. The van der Waals surface area contributed by atoms with Crippen molar-refractivity contribution in [2.24, 2.45) is 11.3 Å². The molecule has 2 aliphatic heterocycles. The van der Waals surface area contributed by atoms with Gasteiger partial charge in [0.25, 0.3) is 0 Å². The quantitative estimate of drug-likeness (QED) is 0.885. The van der Waals surface area contributed by atoms with Crippen molar-refractivity contribution in [3.8, 4) is 11.3 Å². The predicted octanol–water partition coefficient (Wildman–Crippen LogP) is 4.15. The third kappa shape index (κ3) is 2.92. The molecule has 3 fully saturated rings. The lowest BCUT2D eigenvalue weighted by Crippen LogP contribution is -2.72. The van der Waals surface area contributed by atoms with Crippen molar-refractivity contribution < 1.29 is 14.1 Å². The van der Waals surface area contributed by atoms with Crippen molar-refractivity contribution in [3.05, 3.63) is 36.4 Å². The van der Waals surface area contributed by atoms with E-state index in [2.05, 4.69) is 10.5 Å². The molecule has 1 aromatic heterocycles. The molecule has 2 aromatic rings. The molecule has 5 rings (SSSR count). The standard InChI is InChI=1S/C21H25N3O3/c25-20(22-18-13-17(27-23-18)15-5-2-1-3-6-15)24-14-21(9-4-10-21)19(24)16-7-11-26-12-8-16/h1-3,5-6,13,16,19H,4,7-12,14H2,(H,22,23,25). The van der Waals surface area contributed by atoms with Crippen LogP contribution in [0.3, 0.4) is 0 Å². The van der Waals surface area contributed by atoms with Gasteiger partial charge in [-0.2, -0.15) is 0 Å². The lowest BCUT2D eigenvalue weighted by atomic mass is 9.54. The molecule has 3 aliphatic rings. The van der Waals surface area contributed by atoms with E-state index in [4.69, 9.17) is 9.26 Å². The fourth-order valence-electron chi connectivity index (χ4n) is 5.07. The smallest absolute Gasteiger partial charge is 0.323 e. The maximum absolute atomic E-state index is 12.9. The molecule has 1 atom stereocenters. The maximum Gasteiger partial charge on any atom is 0.323 e. The van der Waals surface area contributed by atoms with E-state index in [9.17, 15) is 4.79 Å². The highest BCUT2D eigenvalue weighted by molar-refractivity contribution is 5.90. The summed E-state index contributed by atoms with van der Waals surface area (Å²) in [5.41, 5.74) is 1.31. The second-order valence-electron chi connectivity index (χ2n) is 8.11. The second-order valence-corrected chi connectivity index (χ2v) is 8.11. The number of likely N-dealkylation sites (tertiary alicyclic amines) is 1. The first-order valence-corrected chi connectivity index (χ1v) is 9.93. The van der Waals surface area contributed by atoms with Gasteiger partial charge in [0.2, 0.25) is 0 Å². The van der Waals surface area contributed by atoms with Crippen molar-refractivity contribution in [1.82, 2.24) is 10.1 Å². The maximum atomic E-state index is 12.9. The van der Waals surface area contributed by atoms with Gasteiger partial charge in [0.1, 0.15) is 0 Å². The average Bonchev–Trinajstić information content (AvgIpc) is 3.10. The van der Waals surface area contributed by atoms with Gasteiger partial charge in [-0.15, -0.1) is 0 Å². The molecule has 3 heterocycles. The van der Waals surface area contributed by atoms with Crippen LogP contribution in [0, 0.1) is 11.3 Å². The molecule has 142 valence electrons. The molecule has 1 N–H and O–H groups in total. The first-order chi connectivity index (χ1) is 13.3. The van der Waals surface area contributed by atoms with E-state index in [0.29, 0.717) is 29.0 Å². The SMILES string of the molecule is O=C(Nc1cc(-c2ccccc2)on1)N1CC2(CCC2)C1C1CCOCC1. The Morgan fingerprint density at radius 2 is 1.96 bits per heavy atom. The van der Waals surface area contributed by atoms with E-state index >= 15 is 0 Å². The number of hydrogen-bond donors (Lipinski definition) is 1. The van der Waals surface area contributed by atoms with Gasteiger partial charge in [-0.05, 0) is 31.6 Å². The van der Waals surface area contributed by atoms with E-state index in [0.717, 1.165) is 38.2 Å². The number of ether oxygens (including phenoxy) is 1. The van der Waals surface area contributed by atoms with Gasteiger partial charge >= 0.3 is 6.03 Å². The molecule has 6 nitrogen and oxygen atoms in total. The summed E-state index contributed by atoms with van der Waals surface area (Å²) >= 11 is 0. The van der Waals surface area contributed by atoms with Crippen molar-refractivity contribution >= 4 is 11.8 Å². The molecule has 1 aromatic carbocycles. The Hall–Kier alpha value is -2.34. The first-order valence-electron chi connectivity index (χ1n) is 9.93. The molecule has 1 spiro atoms. The van der Waals surface area contributed by atoms with Crippen LogP contribution in [0.15, 0.2) is 40.9 Å². The molecule has 27 heavy (non-hydrogen) atoms. The topological polar surface area (TPSA) is 67.6 Å². The number of nitrogens with one attached hydrogen (secondary N) is 1. The Morgan fingerprint density at radius 3 is 2.67 bits per heavy atom. The second kappa shape index (κ2) is 6.68. The number of rotatable bonds is 3. The minimum atomic E-state index is -0.0584. The minimum absolute atomic E-state index is 0.0584. The normalized spacial score (nSPS) is 24.3. The molecule has 0 radical (unpaired) electrons. The van der Waals surface area contributed by atoms with Gasteiger partial charge < -0.3 is 14.2 Å². The fourth-order valence-corrected chi connectivity index (χ4v) is 5.07. The molecule has 1 aliphatic carbocycles. The number of carbonyl (C=O) groups excluding carboxylic acids is 1. The van der Waals surface area contributed by atoms with E-state index in [1.807, 2.05) is 35.2 Å². The van der Waals surface area contributed by atoms with Crippen LogP contribution >= 0.6 is 0 Å². The van der Waals surface area contributed by atoms with Gasteiger partial charge in [0, 0.05) is 42.8 Å². The summed E-state index contributed by atoms with van der Waals surface area (Å²) in [6.07, 6.45) is 5.90. The Kier molecular flexibility index (Phi) is 4.16. The van der Waals surface area contributed by atoms with Crippen LogP contribution in [0.4, 0.5) is 10.6 Å². The number of urea groups is 1. The minimum Gasteiger partial charge on any atom is -0.381 e. The number of carbonyl (C=O) groups is 1. The third-order valence-corrected chi connectivity index (χ3v) is 6.57. The Morgan fingerprint density at radius 1 is 1.19 bits per heavy atom. The van der Waals surface area contributed by atoms with Crippen molar-refractivity contribution in [3.63, 3.8) is 0 Å². The fraction of sp³-hybridized carbons (Fsp3) is 0.524. The van der Waals surface area contributed by atoms with Crippen LogP contribution in [0.5, 0.6) is 0 Å². The largest absolute Gasteiger partial charge is 0.381 e. The molecule has 2 amide bonds.